The lowest BCUT2D eigenvalue weighted by Crippen LogP contribution is -2.28. The number of nitrogens with zero attached hydrogens (tertiary/aromatic N) is 2. The van der Waals surface area contributed by atoms with Crippen LogP contribution >= 0.6 is 0 Å². The van der Waals surface area contributed by atoms with Crippen molar-refractivity contribution in [2.75, 3.05) is 27.3 Å². The highest BCUT2D eigenvalue weighted by Gasteiger charge is 2.15. The van der Waals surface area contributed by atoms with Crippen LogP contribution in [-0.2, 0) is 6.42 Å². The number of aromatic nitrogens is 2. The van der Waals surface area contributed by atoms with Crippen LogP contribution in [0.25, 0.3) is 11.3 Å². The number of H-pyrrole nitrogens is 1. The van der Waals surface area contributed by atoms with Gasteiger partial charge in [0, 0.05) is 30.4 Å². The highest BCUT2D eigenvalue weighted by Crippen LogP contribution is 2.28. The molecular formula is C23H26FN3O3. The molecule has 30 heavy (non-hydrogen) atoms. The molecule has 0 aliphatic rings. The lowest BCUT2D eigenvalue weighted by atomic mass is 10.1. The standard InChI is InChI=1S/C23H26FN3O3/c1-4-30-22-14-17(10-11-21(22)29-3)23(28)27(2)12-6-9-19-15-20(26-25-19)16-7-5-8-18(24)13-16/h5,7-8,10-11,13-15H,4,6,9,12H2,1-3H3,(H,25,26). The number of halogens is 1. The smallest absolute Gasteiger partial charge is 0.253 e. The van der Waals surface area contributed by atoms with Crippen LogP contribution in [0.4, 0.5) is 4.39 Å². The molecule has 0 aliphatic heterocycles. The number of rotatable bonds is 9. The van der Waals surface area contributed by atoms with Crippen molar-refractivity contribution in [1.29, 1.82) is 0 Å². The highest BCUT2D eigenvalue weighted by atomic mass is 19.1. The molecule has 0 unspecified atom stereocenters. The van der Waals surface area contributed by atoms with Crippen LogP contribution < -0.4 is 9.47 Å². The van der Waals surface area contributed by atoms with Gasteiger partial charge in [-0.05, 0) is 56.2 Å². The van der Waals surface area contributed by atoms with Crippen LogP contribution in [-0.4, -0.2) is 48.3 Å². The van der Waals surface area contributed by atoms with Gasteiger partial charge in [0.2, 0.25) is 0 Å². The third kappa shape index (κ3) is 5.17. The second-order valence-electron chi connectivity index (χ2n) is 6.92. The number of carbonyl (C=O) groups is 1. The molecule has 7 heteroatoms. The summed E-state index contributed by atoms with van der Waals surface area (Å²) in [6.07, 6.45) is 1.49. The molecule has 0 atom stereocenters. The molecule has 0 bridgehead atoms. The molecule has 1 heterocycles. The summed E-state index contributed by atoms with van der Waals surface area (Å²) in [5.41, 5.74) is 2.93. The summed E-state index contributed by atoms with van der Waals surface area (Å²) in [5.74, 6) is 0.790. The maximum absolute atomic E-state index is 13.4. The Labute approximate surface area is 175 Å². The van der Waals surface area contributed by atoms with Crippen molar-refractivity contribution in [3.8, 4) is 22.8 Å². The Morgan fingerprint density at radius 2 is 2.00 bits per heavy atom. The molecule has 0 spiro atoms. The van der Waals surface area contributed by atoms with E-state index in [1.165, 1.54) is 12.1 Å². The average molecular weight is 411 g/mol. The van der Waals surface area contributed by atoms with Gasteiger partial charge in [0.05, 0.1) is 19.4 Å². The Bertz CT molecular complexity index is 1000. The summed E-state index contributed by atoms with van der Waals surface area (Å²) in [6, 6.07) is 13.4. The Hall–Kier alpha value is -3.35. The molecule has 0 aliphatic carbocycles. The molecular weight excluding hydrogens is 385 g/mol. The van der Waals surface area contributed by atoms with E-state index < -0.39 is 0 Å². The first-order chi connectivity index (χ1) is 14.5. The number of hydrogen-bond donors (Lipinski definition) is 1. The van der Waals surface area contributed by atoms with E-state index in [-0.39, 0.29) is 11.7 Å². The van der Waals surface area contributed by atoms with E-state index in [1.807, 2.05) is 19.1 Å². The minimum absolute atomic E-state index is 0.0799. The van der Waals surface area contributed by atoms with Gasteiger partial charge in [-0.1, -0.05) is 12.1 Å². The van der Waals surface area contributed by atoms with E-state index in [0.717, 1.165) is 24.1 Å². The molecule has 1 amide bonds. The normalized spacial score (nSPS) is 10.7. The van der Waals surface area contributed by atoms with Crippen molar-refractivity contribution in [2.24, 2.45) is 0 Å². The summed E-state index contributed by atoms with van der Waals surface area (Å²) < 4.78 is 24.2. The Morgan fingerprint density at radius 1 is 1.17 bits per heavy atom. The fourth-order valence-corrected chi connectivity index (χ4v) is 3.19. The molecule has 2 aromatic carbocycles. The second-order valence-corrected chi connectivity index (χ2v) is 6.92. The number of methoxy groups -OCH3 is 1. The van der Waals surface area contributed by atoms with E-state index in [4.69, 9.17) is 9.47 Å². The fourth-order valence-electron chi connectivity index (χ4n) is 3.19. The van der Waals surface area contributed by atoms with Gasteiger partial charge in [0.25, 0.3) is 5.91 Å². The van der Waals surface area contributed by atoms with Gasteiger partial charge in [0.1, 0.15) is 5.82 Å². The van der Waals surface area contributed by atoms with Crippen LogP contribution in [0.1, 0.15) is 29.4 Å². The zero-order valence-corrected chi connectivity index (χ0v) is 17.4. The van der Waals surface area contributed by atoms with Crippen LogP contribution in [0.5, 0.6) is 11.5 Å². The molecule has 1 aromatic heterocycles. The van der Waals surface area contributed by atoms with Gasteiger partial charge in [-0.3, -0.25) is 9.89 Å². The predicted octanol–water partition coefficient (Wildman–Crippen LogP) is 4.33. The maximum atomic E-state index is 13.4. The molecule has 6 nitrogen and oxygen atoms in total. The largest absolute Gasteiger partial charge is 0.493 e. The summed E-state index contributed by atoms with van der Waals surface area (Å²) in [4.78, 5) is 14.4. The number of hydrogen-bond acceptors (Lipinski definition) is 4. The molecule has 0 saturated heterocycles. The van der Waals surface area contributed by atoms with Gasteiger partial charge in [-0.15, -0.1) is 0 Å². The van der Waals surface area contributed by atoms with Gasteiger partial charge in [-0.2, -0.15) is 5.10 Å². The third-order valence-corrected chi connectivity index (χ3v) is 4.75. The van der Waals surface area contributed by atoms with Crippen LogP contribution in [0.2, 0.25) is 0 Å². The van der Waals surface area contributed by atoms with E-state index in [9.17, 15) is 9.18 Å². The van der Waals surface area contributed by atoms with Crippen molar-refractivity contribution in [1.82, 2.24) is 15.1 Å². The summed E-state index contributed by atoms with van der Waals surface area (Å²) in [6.45, 7) is 2.96. The van der Waals surface area contributed by atoms with Gasteiger partial charge < -0.3 is 14.4 Å². The number of amides is 1. The van der Waals surface area contributed by atoms with Gasteiger partial charge in [-0.25, -0.2) is 4.39 Å². The van der Waals surface area contributed by atoms with Crippen molar-refractivity contribution in [3.63, 3.8) is 0 Å². The SMILES string of the molecule is CCOc1cc(C(=O)N(C)CCCc2cc(-c3cccc(F)c3)n[nH]2)ccc1OC. The number of carbonyl (C=O) groups excluding carboxylic acids is 1. The van der Waals surface area contributed by atoms with Crippen molar-refractivity contribution < 1.29 is 18.7 Å². The van der Waals surface area contributed by atoms with E-state index in [1.54, 1.807) is 43.3 Å². The van der Waals surface area contributed by atoms with Gasteiger partial charge >= 0.3 is 0 Å². The molecule has 0 fully saturated rings. The maximum Gasteiger partial charge on any atom is 0.253 e. The lowest BCUT2D eigenvalue weighted by Gasteiger charge is -2.18. The minimum Gasteiger partial charge on any atom is -0.493 e. The van der Waals surface area contributed by atoms with Crippen molar-refractivity contribution in [2.45, 2.75) is 19.8 Å². The molecule has 158 valence electrons. The summed E-state index contributed by atoms with van der Waals surface area (Å²) >= 11 is 0. The molecule has 0 radical (unpaired) electrons. The van der Waals surface area contributed by atoms with Crippen LogP contribution in [0, 0.1) is 5.82 Å². The summed E-state index contributed by atoms with van der Waals surface area (Å²) in [7, 11) is 3.35. The first-order valence-corrected chi connectivity index (χ1v) is 9.88. The van der Waals surface area contributed by atoms with Crippen LogP contribution in [0.3, 0.4) is 0 Å². The molecule has 3 aromatic rings. The first kappa shape index (κ1) is 21.4. The van der Waals surface area contributed by atoms with Crippen LogP contribution in [0.15, 0.2) is 48.5 Å². The first-order valence-electron chi connectivity index (χ1n) is 9.88. The van der Waals surface area contributed by atoms with Gasteiger partial charge in [0.15, 0.2) is 11.5 Å². The zero-order chi connectivity index (χ0) is 21.5. The van der Waals surface area contributed by atoms with E-state index >= 15 is 0 Å². The topological polar surface area (TPSA) is 67.5 Å². The predicted molar refractivity (Wildman–Crippen MR) is 113 cm³/mol. The quantitative estimate of drug-likeness (QED) is 0.569. The second kappa shape index (κ2) is 9.91. The number of ether oxygens (including phenoxy) is 2. The lowest BCUT2D eigenvalue weighted by molar-refractivity contribution is 0.0793. The monoisotopic (exact) mass is 411 g/mol. The number of benzene rings is 2. The van der Waals surface area contributed by atoms with E-state index in [0.29, 0.717) is 35.9 Å². The van der Waals surface area contributed by atoms with Crippen molar-refractivity contribution >= 4 is 5.91 Å². The minimum atomic E-state index is -0.289. The Balaban J connectivity index is 1.56. The third-order valence-electron chi connectivity index (χ3n) is 4.75. The number of aromatic amines is 1. The Morgan fingerprint density at radius 3 is 2.73 bits per heavy atom. The summed E-state index contributed by atoms with van der Waals surface area (Å²) in [5, 5.41) is 7.24. The van der Waals surface area contributed by atoms with E-state index in [2.05, 4.69) is 10.2 Å². The molecule has 3 rings (SSSR count). The number of nitrogens with one attached hydrogen (secondary N) is 1. The van der Waals surface area contributed by atoms with Crippen molar-refractivity contribution in [3.05, 3.63) is 65.6 Å². The average Bonchev–Trinajstić information content (AvgIpc) is 3.22. The molecule has 0 saturated carbocycles. The molecule has 1 N–H and O–H groups in total. The number of aryl methyl sites for hydroxylation is 1. The fraction of sp³-hybridized carbons (Fsp3) is 0.304. The zero-order valence-electron chi connectivity index (χ0n) is 17.4. The highest BCUT2D eigenvalue weighted by molar-refractivity contribution is 5.94. The Kier molecular flexibility index (Phi) is 7.06.